The van der Waals surface area contributed by atoms with Crippen molar-refractivity contribution in [2.45, 2.75) is 6.92 Å². The van der Waals surface area contributed by atoms with E-state index in [0.29, 0.717) is 6.54 Å². The summed E-state index contributed by atoms with van der Waals surface area (Å²) in [6.07, 6.45) is 0. The Kier molecular flexibility index (Phi) is 4.12. The second-order valence-corrected chi connectivity index (χ2v) is 6.06. The minimum atomic E-state index is 0.0622. The Hall–Kier alpha value is -0.360. The molecule has 0 aliphatic carbocycles. The van der Waals surface area contributed by atoms with Crippen molar-refractivity contribution >= 4 is 39.8 Å². The van der Waals surface area contributed by atoms with E-state index in [1.54, 1.807) is 23.3 Å². The number of rotatable bonds is 3. The molecule has 76 valence electrons. The second kappa shape index (κ2) is 4.93. The molecule has 0 aromatic carbocycles. The van der Waals surface area contributed by atoms with Crippen LogP contribution in [0.15, 0.2) is 23.6 Å². The molecule has 0 spiro atoms. The highest BCUT2D eigenvalue weighted by Gasteiger charge is 2.12. The van der Waals surface area contributed by atoms with E-state index in [0.717, 1.165) is 14.0 Å². The number of carbonyl (C=O) groups is 1. The molecule has 1 heterocycles. The molecule has 0 bridgehead atoms. The van der Waals surface area contributed by atoms with Crippen LogP contribution in [0.1, 0.15) is 17.3 Å². The number of hydrogen-bond acceptors (Lipinski definition) is 2. The highest BCUT2D eigenvalue weighted by atomic mass is 127. The van der Waals surface area contributed by atoms with Gasteiger partial charge in [-0.3, -0.25) is 4.79 Å². The summed E-state index contributed by atoms with van der Waals surface area (Å²) in [6, 6.07) is 1.91. The van der Waals surface area contributed by atoms with Crippen molar-refractivity contribution in [3.05, 3.63) is 32.0 Å². The summed E-state index contributed by atoms with van der Waals surface area (Å²) >= 11 is 3.80. The fourth-order valence-corrected chi connectivity index (χ4v) is 2.44. The van der Waals surface area contributed by atoms with Gasteiger partial charge in [0.05, 0.1) is 8.45 Å². The first-order chi connectivity index (χ1) is 6.50. The van der Waals surface area contributed by atoms with Crippen molar-refractivity contribution in [2.75, 3.05) is 13.6 Å². The lowest BCUT2D eigenvalue weighted by molar-refractivity contribution is 0.0807. The van der Waals surface area contributed by atoms with Crippen LogP contribution in [0.25, 0.3) is 0 Å². The van der Waals surface area contributed by atoms with Gasteiger partial charge in [-0.2, -0.15) is 0 Å². The van der Waals surface area contributed by atoms with Crippen LogP contribution >= 0.6 is 33.9 Å². The van der Waals surface area contributed by atoms with Gasteiger partial charge in [0.2, 0.25) is 0 Å². The van der Waals surface area contributed by atoms with Gasteiger partial charge in [0.15, 0.2) is 0 Å². The van der Waals surface area contributed by atoms with Gasteiger partial charge in [0, 0.05) is 19.0 Å². The van der Waals surface area contributed by atoms with Crippen LogP contribution in [0.4, 0.5) is 0 Å². The molecule has 1 rings (SSSR count). The smallest absolute Gasteiger partial charge is 0.254 e. The van der Waals surface area contributed by atoms with Gasteiger partial charge in [-0.1, -0.05) is 12.2 Å². The molecular weight excluding hydrogens is 309 g/mol. The zero-order valence-electron chi connectivity index (χ0n) is 8.21. The number of halogens is 1. The van der Waals surface area contributed by atoms with Crippen molar-refractivity contribution in [3.8, 4) is 0 Å². The molecule has 0 radical (unpaired) electrons. The Balaban J connectivity index is 2.70. The van der Waals surface area contributed by atoms with Gasteiger partial charge in [0.1, 0.15) is 0 Å². The summed E-state index contributed by atoms with van der Waals surface area (Å²) < 4.78 is 1.13. The third kappa shape index (κ3) is 3.09. The van der Waals surface area contributed by atoms with Crippen LogP contribution in [0.3, 0.4) is 0 Å². The summed E-state index contributed by atoms with van der Waals surface area (Å²) in [7, 11) is 1.79. The minimum absolute atomic E-state index is 0.0622. The van der Waals surface area contributed by atoms with E-state index < -0.39 is 0 Å². The van der Waals surface area contributed by atoms with E-state index in [4.69, 9.17) is 0 Å². The predicted molar refractivity (Wildman–Crippen MR) is 68.8 cm³/mol. The van der Waals surface area contributed by atoms with Gasteiger partial charge in [-0.25, -0.2) is 0 Å². The Bertz CT molecular complexity index is 359. The molecule has 0 aliphatic rings. The maximum atomic E-state index is 11.8. The zero-order valence-corrected chi connectivity index (χ0v) is 11.2. The van der Waals surface area contributed by atoms with E-state index in [-0.39, 0.29) is 5.91 Å². The Morgan fingerprint density at radius 1 is 1.71 bits per heavy atom. The highest BCUT2D eigenvalue weighted by Crippen LogP contribution is 2.17. The molecule has 4 heteroatoms. The molecule has 1 aromatic heterocycles. The molecule has 0 atom stereocenters. The maximum Gasteiger partial charge on any atom is 0.254 e. The minimum Gasteiger partial charge on any atom is -0.338 e. The lowest BCUT2D eigenvalue weighted by Gasteiger charge is -2.15. The van der Waals surface area contributed by atoms with Gasteiger partial charge < -0.3 is 4.90 Å². The van der Waals surface area contributed by atoms with Gasteiger partial charge in [-0.05, 0) is 35.6 Å². The number of carbonyl (C=O) groups excluding carboxylic acids is 1. The van der Waals surface area contributed by atoms with E-state index in [9.17, 15) is 4.79 Å². The second-order valence-electron chi connectivity index (χ2n) is 3.26. The van der Waals surface area contributed by atoms with Crippen molar-refractivity contribution in [1.82, 2.24) is 4.90 Å². The van der Waals surface area contributed by atoms with Crippen molar-refractivity contribution < 1.29 is 4.79 Å². The zero-order chi connectivity index (χ0) is 10.7. The fraction of sp³-hybridized carbons (Fsp3) is 0.300. The van der Waals surface area contributed by atoms with Gasteiger partial charge in [0.25, 0.3) is 5.91 Å². The molecule has 14 heavy (non-hydrogen) atoms. The summed E-state index contributed by atoms with van der Waals surface area (Å²) in [5.74, 6) is 0.0622. The van der Waals surface area contributed by atoms with Crippen molar-refractivity contribution in [3.63, 3.8) is 0 Å². The third-order valence-corrected chi connectivity index (χ3v) is 3.46. The summed E-state index contributed by atoms with van der Waals surface area (Å²) in [6.45, 7) is 6.32. The Labute approximate surface area is 102 Å². The molecule has 0 saturated heterocycles. The van der Waals surface area contributed by atoms with Gasteiger partial charge in [-0.15, -0.1) is 11.3 Å². The number of nitrogens with zero attached hydrogens (tertiary/aromatic N) is 1. The number of thiophene rings is 1. The summed E-state index contributed by atoms with van der Waals surface area (Å²) in [4.78, 5) is 13.5. The molecule has 0 aliphatic heterocycles. The van der Waals surface area contributed by atoms with Crippen molar-refractivity contribution in [1.29, 1.82) is 0 Å². The summed E-state index contributed by atoms with van der Waals surface area (Å²) in [5.41, 5.74) is 1.76. The highest BCUT2D eigenvalue weighted by molar-refractivity contribution is 14.1. The van der Waals surface area contributed by atoms with Crippen LogP contribution in [-0.2, 0) is 0 Å². The standard InChI is InChI=1S/C10H12INOS/c1-7(2)5-12(3)10(13)8-4-9(11)14-6-8/h4,6H,1,5H2,2-3H3. The van der Waals surface area contributed by atoms with Crippen LogP contribution in [-0.4, -0.2) is 24.4 Å². The molecule has 1 aromatic rings. The first-order valence-corrected chi connectivity index (χ1v) is 6.10. The molecule has 1 amide bonds. The van der Waals surface area contributed by atoms with Crippen LogP contribution in [0.2, 0.25) is 0 Å². The van der Waals surface area contributed by atoms with Gasteiger partial charge >= 0.3 is 0 Å². The normalized spacial score (nSPS) is 9.93. The SMILES string of the molecule is C=C(C)CN(C)C(=O)c1csc(I)c1. The fourth-order valence-electron chi connectivity index (χ4n) is 1.12. The average molecular weight is 321 g/mol. The maximum absolute atomic E-state index is 11.8. The number of likely N-dealkylation sites (N-methyl/N-ethyl adjacent to an activating group) is 1. The first-order valence-electron chi connectivity index (χ1n) is 4.14. The largest absolute Gasteiger partial charge is 0.338 e. The third-order valence-electron chi connectivity index (χ3n) is 1.67. The lowest BCUT2D eigenvalue weighted by Crippen LogP contribution is -2.27. The van der Waals surface area contributed by atoms with E-state index >= 15 is 0 Å². The van der Waals surface area contributed by atoms with E-state index in [1.807, 2.05) is 18.4 Å². The molecular formula is C10H12INOS. The van der Waals surface area contributed by atoms with Crippen LogP contribution in [0, 0.1) is 2.88 Å². The van der Waals surface area contributed by atoms with E-state index in [1.165, 1.54) is 0 Å². The molecule has 0 unspecified atom stereocenters. The number of amides is 1. The molecule has 0 saturated carbocycles. The molecule has 0 fully saturated rings. The quantitative estimate of drug-likeness (QED) is 0.619. The summed E-state index contributed by atoms with van der Waals surface area (Å²) in [5, 5.41) is 1.89. The average Bonchev–Trinajstić information content (AvgIpc) is 2.49. The topological polar surface area (TPSA) is 20.3 Å². The molecule has 2 nitrogen and oxygen atoms in total. The first kappa shape index (κ1) is 11.7. The Morgan fingerprint density at radius 2 is 2.36 bits per heavy atom. The molecule has 0 N–H and O–H groups in total. The van der Waals surface area contributed by atoms with Crippen LogP contribution < -0.4 is 0 Å². The monoisotopic (exact) mass is 321 g/mol. The predicted octanol–water partition coefficient (Wildman–Crippen LogP) is 3.00. The van der Waals surface area contributed by atoms with Crippen LogP contribution in [0.5, 0.6) is 0 Å². The lowest BCUT2D eigenvalue weighted by atomic mass is 10.2. The van der Waals surface area contributed by atoms with E-state index in [2.05, 4.69) is 29.2 Å². The van der Waals surface area contributed by atoms with Crippen molar-refractivity contribution in [2.24, 2.45) is 0 Å². The Morgan fingerprint density at radius 3 is 2.79 bits per heavy atom. The number of hydrogen-bond donors (Lipinski definition) is 0.